The van der Waals surface area contributed by atoms with Gasteiger partial charge in [-0.15, -0.1) is 0 Å². The van der Waals surface area contributed by atoms with Gasteiger partial charge in [0.05, 0.1) is 18.5 Å². The van der Waals surface area contributed by atoms with Gasteiger partial charge in [0.1, 0.15) is 5.92 Å². The highest BCUT2D eigenvalue weighted by atomic mass is 79.9. The summed E-state index contributed by atoms with van der Waals surface area (Å²) in [4.78, 5) is 19.7. The molecule has 2 rings (SSSR count). The number of ether oxygens (including phenoxy) is 1. The van der Waals surface area contributed by atoms with Crippen LogP contribution < -0.4 is 4.74 Å². The Morgan fingerprint density at radius 3 is 2.67 bits per heavy atom. The maximum atomic E-state index is 11.5. The van der Waals surface area contributed by atoms with E-state index in [-0.39, 0.29) is 0 Å². The molecule has 0 amide bonds. The number of carboxylic acids is 1. The minimum absolute atomic E-state index is 0.344. The first-order valence-electron chi connectivity index (χ1n) is 6.52. The van der Waals surface area contributed by atoms with Gasteiger partial charge in [0.15, 0.2) is 0 Å². The fourth-order valence-corrected chi connectivity index (χ4v) is 2.19. The standard InChI is InChI=1S/C15H15BrN2O3/c1-2-21-14-9-17-8-13(18-14)12(15(19)20)7-10-3-5-11(16)6-4-10/h3-6,8-9,12H,2,7H2,1H3,(H,19,20). The van der Waals surface area contributed by atoms with Crippen LogP contribution in [0, 0.1) is 0 Å². The van der Waals surface area contributed by atoms with Crippen molar-refractivity contribution in [1.82, 2.24) is 9.97 Å². The molecule has 1 heterocycles. The summed E-state index contributed by atoms with van der Waals surface area (Å²) in [6.45, 7) is 2.30. The van der Waals surface area contributed by atoms with E-state index in [9.17, 15) is 9.90 Å². The molecular formula is C15H15BrN2O3. The number of benzene rings is 1. The van der Waals surface area contributed by atoms with Gasteiger partial charge in [-0.05, 0) is 31.0 Å². The molecule has 1 atom stereocenters. The lowest BCUT2D eigenvalue weighted by Crippen LogP contribution is -2.16. The number of hydrogen-bond acceptors (Lipinski definition) is 4. The molecule has 0 aliphatic rings. The van der Waals surface area contributed by atoms with E-state index in [1.54, 1.807) is 0 Å². The molecule has 0 aliphatic heterocycles. The summed E-state index contributed by atoms with van der Waals surface area (Å²) in [6.07, 6.45) is 3.30. The Morgan fingerprint density at radius 2 is 2.05 bits per heavy atom. The highest BCUT2D eigenvalue weighted by molar-refractivity contribution is 9.10. The molecule has 1 N–H and O–H groups in total. The van der Waals surface area contributed by atoms with Crippen LogP contribution in [-0.2, 0) is 11.2 Å². The highest BCUT2D eigenvalue weighted by Crippen LogP contribution is 2.22. The zero-order valence-electron chi connectivity index (χ0n) is 11.5. The Balaban J connectivity index is 2.24. The van der Waals surface area contributed by atoms with Crippen LogP contribution in [0.3, 0.4) is 0 Å². The zero-order valence-corrected chi connectivity index (χ0v) is 13.1. The van der Waals surface area contributed by atoms with Crippen molar-refractivity contribution in [3.63, 3.8) is 0 Å². The second kappa shape index (κ2) is 7.17. The van der Waals surface area contributed by atoms with Crippen LogP contribution in [0.15, 0.2) is 41.1 Å². The van der Waals surface area contributed by atoms with Gasteiger partial charge in [-0.25, -0.2) is 4.98 Å². The molecule has 0 spiro atoms. The predicted octanol–water partition coefficient (Wildman–Crippen LogP) is 3.05. The Bertz CT molecular complexity index is 617. The van der Waals surface area contributed by atoms with E-state index in [1.807, 2.05) is 31.2 Å². The second-order valence-electron chi connectivity index (χ2n) is 4.44. The van der Waals surface area contributed by atoms with Gasteiger partial charge in [0.25, 0.3) is 0 Å². The van der Waals surface area contributed by atoms with Gasteiger partial charge in [-0.3, -0.25) is 9.78 Å². The van der Waals surface area contributed by atoms with Crippen LogP contribution in [-0.4, -0.2) is 27.7 Å². The summed E-state index contributed by atoms with van der Waals surface area (Å²) < 4.78 is 6.22. The minimum Gasteiger partial charge on any atom is -0.481 e. The number of aromatic nitrogens is 2. The number of aliphatic carboxylic acids is 1. The third-order valence-electron chi connectivity index (χ3n) is 2.93. The average Bonchev–Trinajstić information content (AvgIpc) is 2.47. The topological polar surface area (TPSA) is 72.3 Å². The van der Waals surface area contributed by atoms with Gasteiger partial charge in [0.2, 0.25) is 5.88 Å². The van der Waals surface area contributed by atoms with Gasteiger partial charge in [0, 0.05) is 10.7 Å². The first-order valence-corrected chi connectivity index (χ1v) is 7.31. The molecule has 110 valence electrons. The molecule has 1 aromatic carbocycles. The molecule has 1 unspecified atom stereocenters. The van der Waals surface area contributed by atoms with E-state index in [4.69, 9.17) is 4.74 Å². The minimum atomic E-state index is -0.930. The molecule has 0 saturated carbocycles. The van der Waals surface area contributed by atoms with Gasteiger partial charge < -0.3 is 9.84 Å². The summed E-state index contributed by atoms with van der Waals surface area (Å²) >= 11 is 3.36. The summed E-state index contributed by atoms with van der Waals surface area (Å²) in [7, 11) is 0. The molecule has 21 heavy (non-hydrogen) atoms. The van der Waals surface area contributed by atoms with Crippen molar-refractivity contribution in [3.8, 4) is 5.88 Å². The largest absolute Gasteiger partial charge is 0.481 e. The van der Waals surface area contributed by atoms with Gasteiger partial charge in [-0.2, -0.15) is 0 Å². The van der Waals surface area contributed by atoms with Crippen LogP contribution in [0.4, 0.5) is 0 Å². The number of halogens is 1. The maximum Gasteiger partial charge on any atom is 0.312 e. The van der Waals surface area contributed by atoms with E-state index < -0.39 is 11.9 Å². The fraction of sp³-hybridized carbons (Fsp3) is 0.267. The molecule has 0 saturated heterocycles. The Labute approximate surface area is 131 Å². The van der Waals surface area contributed by atoms with Crippen molar-refractivity contribution in [2.24, 2.45) is 0 Å². The zero-order chi connectivity index (χ0) is 15.2. The van der Waals surface area contributed by atoms with Crippen molar-refractivity contribution in [2.45, 2.75) is 19.3 Å². The van der Waals surface area contributed by atoms with Crippen molar-refractivity contribution < 1.29 is 14.6 Å². The lowest BCUT2D eigenvalue weighted by atomic mass is 9.96. The van der Waals surface area contributed by atoms with Crippen molar-refractivity contribution in [3.05, 3.63) is 52.4 Å². The Kier molecular flexibility index (Phi) is 5.27. The number of carbonyl (C=O) groups is 1. The number of hydrogen-bond donors (Lipinski definition) is 1. The van der Waals surface area contributed by atoms with E-state index >= 15 is 0 Å². The van der Waals surface area contributed by atoms with E-state index in [1.165, 1.54) is 12.4 Å². The van der Waals surface area contributed by atoms with E-state index in [0.29, 0.717) is 24.6 Å². The van der Waals surface area contributed by atoms with Crippen LogP contribution in [0.25, 0.3) is 0 Å². The quantitative estimate of drug-likeness (QED) is 0.866. The van der Waals surface area contributed by atoms with E-state index in [2.05, 4.69) is 25.9 Å². The summed E-state index contributed by atoms with van der Waals surface area (Å²) in [5, 5.41) is 9.45. The van der Waals surface area contributed by atoms with Crippen LogP contribution in [0.2, 0.25) is 0 Å². The fourth-order valence-electron chi connectivity index (χ4n) is 1.92. The Hall–Kier alpha value is -1.95. The number of rotatable bonds is 6. The lowest BCUT2D eigenvalue weighted by molar-refractivity contribution is -0.138. The second-order valence-corrected chi connectivity index (χ2v) is 5.35. The third kappa shape index (κ3) is 4.26. The summed E-state index contributed by atoms with van der Waals surface area (Å²) in [5.41, 5.74) is 1.32. The summed E-state index contributed by atoms with van der Waals surface area (Å²) in [5.74, 6) is -1.34. The van der Waals surface area contributed by atoms with Crippen molar-refractivity contribution >= 4 is 21.9 Å². The monoisotopic (exact) mass is 350 g/mol. The molecule has 6 heteroatoms. The summed E-state index contributed by atoms with van der Waals surface area (Å²) in [6, 6.07) is 7.55. The highest BCUT2D eigenvalue weighted by Gasteiger charge is 2.22. The predicted molar refractivity (Wildman–Crippen MR) is 81.4 cm³/mol. The first kappa shape index (κ1) is 15.4. The van der Waals surface area contributed by atoms with Gasteiger partial charge in [-0.1, -0.05) is 28.1 Å². The van der Waals surface area contributed by atoms with Crippen molar-refractivity contribution in [2.75, 3.05) is 6.61 Å². The molecule has 1 aromatic heterocycles. The van der Waals surface area contributed by atoms with Crippen LogP contribution in [0.1, 0.15) is 24.1 Å². The normalized spacial score (nSPS) is 11.9. The third-order valence-corrected chi connectivity index (χ3v) is 3.46. The van der Waals surface area contributed by atoms with E-state index in [0.717, 1.165) is 10.0 Å². The lowest BCUT2D eigenvalue weighted by Gasteiger charge is -2.12. The SMILES string of the molecule is CCOc1cncc(C(Cc2ccc(Br)cc2)C(=O)O)n1. The van der Waals surface area contributed by atoms with Crippen LogP contribution in [0.5, 0.6) is 5.88 Å². The molecule has 2 aromatic rings. The molecule has 0 fully saturated rings. The smallest absolute Gasteiger partial charge is 0.312 e. The van der Waals surface area contributed by atoms with Crippen LogP contribution >= 0.6 is 15.9 Å². The number of nitrogens with zero attached hydrogens (tertiary/aromatic N) is 2. The molecular weight excluding hydrogens is 336 g/mol. The number of carboxylic acid groups (broad SMARTS) is 1. The van der Waals surface area contributed by atoms with Crippen molar-refractivity contribution in [1.29, 1.82) is 0 Å². The molecule has 0 bridgehead atoms. The molecule has 0 radical (unpaired) electrons. The average molecular weight is 351 g/mol. The molecule has 0 aliphatic carbocycles. The Morgan fingerprint density at radius 1 is 1.33 bits per heavy atom. The maximum absolute atomic E-state index is 11.5. The first-order chi connectivity index (χ1) is 10.1. The van der Waals surface area contributed by atoms with Gasteiger partial charge >= 0.3 is 5.97 Å². The molecule has 5 nitrogen and oxygen atoms in total.